The number of nitrogens with zero attached hydrogens (tertiary/aromatic N) is 1. The number of carbonyl (C=O) groups excluding carboxylic acids is 2. The minimum atomic E-state index is -0.267. The monoisotopic (exact) mass is 355 g/mol. The first kappa shape index (κ1) is 18.5. The number of halogens is 1. The van der Waals surface area contributed by atoms with E-state index in [4.69, 9.17) is 21.1 Å². The second kappa shape index (κ2) is 8.86. The quantitative estimate of drug-likeness (QED) is 0.805. The van der Waals surface area contributed by atoms with Gasteiger partial charge in [0.15, 0.2) is 0 Å². The third-order valence-corrected chi connectivity index (χ3v) is 3.97. The maximum Gasteiger partial charge on any atom is 0.255 e. The number of nitrogens with one attached hydrogen (secondary N) is 2. The highest BCUT2D eigenvalue weighted by Crippen LogP contribution is 2.31. The smallest absolute Gasteiger partial charge is 0.255 e. The normalized spacial score (nSPS) is 15.0. The van der Waals surface area contributed by atoms with Gasteiger partial charge in [0.2, 0.25) is 5.91 Å². The number of morpholine rings is 1. The number of amides is 2. The summed E-state index contributed by atoms with van der Waals surface area (Å²) in [5, 5.41) is 5.74. The van der Waals surface area contributed by atoms with E-state index in [2.05, 4.69) is 15.5 Å². The van der Waals surface area contributed by atoms with Crippen LogP contribution in [0.15, 0.2) is 12.1 Å². The Morgan fingerprint density at radius 2 is 2.04 bits per heavy atom. The molecule has 2 amide bonds. The molecule has 24 heavy (non-hydrogen) atoms. The van der Waals surface area contributed by atoms with Crippen molar-refractivity contribution in [2.75, 3.05) is 51.8 Å². The third kappa shape index (κ3) is 5.09. The predicted molar refractivity (Wildman–Crippen MR) is 91.9 cm³/mol. The molecule has 1 fully saturated rings. The van der Waals surface area contributed by atoms with Gasteiger partial charge in [-0.2, -0.15) is 0 Å². The van der Waals surface area contributed by atoms with E-state index in [0.29, 0.717) is 23.5 Å². The summed E-state index contributed by atoms with van der Waals surface area (Å²) in [5.74, 6) is -0.162. The number of anilines is 1. The van der Waals surface area contributed by atoms with Crippen molar-refractivity contribution in [2.24, 2.45) is 0 Å². The van der Waals surface area contributed by atoms with E-state index in [0.717, 1.165) is 32.8 Å². The number of ether oxygens (including phenoxy) is 2. The van der Waals surface area contributed by atoms with Crippen LogP contribution in [0.5, 0.6) is 5.75 Å². The van der Waals surface area contributed by atoms with Crippen LogP contribution < -0.4 is 15.4 Å². The number of methoxy groups -OCH3 is 1. The van der Waals surface area contributed by atoms with Crippen molar-refractivity contribution in [1.29, 1.82) is 0 Å². The Labute approximate surface area is 146 Å². The molecule has 0 atom stereocenters. The van der Waals surface area contributed by atoms with Gasteiger partial charge in [0.25, 0.3) is 5.91 Å². The zero-order chi connectivity index (χ0) is 17.5. The van der Waals surface area contributed by atoms with Gasteiger partial charge in [-0.3, -0.25) is 14.5 Å². The summed E-state index contributed by atoms with van der Waals surface area (Å²) < 4.78 is 10.5. The molecule has 1 saturated heterocycles. The molecule has 2 rings (SSSR count). The lowest BCUT2D eigenvalue weighted by molar-refractivity contribution is -0.114. The van der Waals surface area contributed by atoms with Crippen molar-refractivity contribution in [3.8, 4) is 5.75 Å². The SMILES string of the molecule is COc1cc(NC(C)=O)c(Cl)cc1C(=O)NCCN1CCOCC1. The molecule has 1 aromatic carbocycles. The van der Waals surface area contributed by atoms with Crippen molar-refractivity contribution in [2.45, 2.75) is 6.92 Å². The molecule has 1 aromatic rings. The second-order valence-electron chi connectivity index (χ2n) is 5.42. The Bertz CT molecular complexity index is 603. The minimum absolute atomic E-state index is 0.248. The van der Waals surface area contributed by atoms with Crippen LogP contribution >= 0.6 is 11.6 Å². The zero-order valence-corrected chi connectivity index (χ0v) is 14.6. The highest BCUT2D eigenvalue weighted by atomic mass is 35.5. The van der Waals surface area contributed by atoms with Crippen molar-refractivity contribution in [1.82, 2.24) is 10.2 Å². The molecular weight excluding hydrogens is 334 g/mol. The minimum Gasteiger partial charge on any atom is -0.496 e. The fourth-order valence-electron chi connectivity index (χ4n) is 2.43. The highest BCUT2D eigenvalue weighted by Gasteiger charge is 2.17. The molecule has 8 heteroatoms. The van der Waals surface area contributed by atoms with Crippen LogP contribution in [0.1, 0.15) is 17.3 Å². The van der Waals surface area contributed by atoms with E-state index < -0.39 is 0 Å². The summed E-state index contributed by atoms with van der Waals surface area (Å²) in [6, 6.07) is 3.04. The summed E-state index contributed by atoms with van der Waals surface area (Å²) in [6.45, 7) is 5.86. The predicted octanol–water partition coefficient (Wildman–Crippen LogP) is 1.37. The number of hydrogen-bond donors (Lipinski definition) is 2. The van der Waals surface area contributed by atoms with E-state index in [1.165, 1.54) is 20.1 Å². The van der Waals surface area contributed by atoms with Crippen LogP contribution in [0.3, 0.4) is 0 Å². The van der Waals surface area contributed by atoms with Gasteiger partial charge >= 0.3 is 0 Å². The van der Waals surface area contributed by atoms with Crippen molar-refractivity contribution >= 4 is 29.1 Å². The lowest BCUT2D eigenvalue weighted by Crippen LogP contribution is -2.41. The number of hydrogen-bond acceptors (Lipinski definition) is 5. The Morgan fingerprint density at radius 3 is 2.67 bits per heavy atom. The van der Waals surface area contributed by atoms with Crippen LogP contribution in [0, 0.1) is 0 Å². The molecular formula is C16H22ClN3O4. The third-order valence-electron chi connectivity index (χ3n) is 3.66. The molecule has 132 valence electrons. The molecule has 0 bridgehead atoms. The number of rotatable bonds is 6. The zero-order valence-electron chi connectivity index (χ0n) is 13.9. The fraction of sp³-hybridized carbons (Fsp3) is 0.500. The Morgan fingerprint density at radius 1 is 1.33 bits per heavy atom. The molecule has 0 unspecified atom stereocenters. The van der Waals surface area contributed by atoms with E-state index in [-0.39, 0.29) is 16.8 Å². The molecule has 1 aliphatic heterocycles. The van der Waals surface area contributed by atoms with Crippen LogP contribution in [-0.4, -0.2) is 63.2 Å². The molecule has 0 saturated carbocycles. The van der Waals surface area contributed by atoms with Crippen molar-refractivity contribution in [3.63, 3.8) is 0 Å². The molecule has 7 nitrogen and oxygen atoms in total. The maximum absolute atomic E-state index is 12.4. The van der Waals surface area contributed by atoms with Gasteiger partial charge in [0.1, 0.15) is 5.75 Å². The number of benzene rings is 1. The topological polar surface area (TPSA) is 79.9 Å². The highest BCUT2D eigenvalue weighted by molar-refractivity contribution is 6.34. The summed E-state index contributed by atoms with van der Waals surface area (Å²) >= 11 is 6.13. The van der Waals surface area contributed by atoms with Gasteiger partial charge in [-0.25, -0.2) is 0 Å². The summed E-state index contributed by atoms with van der Waals surface area (Å²) in [5.41, 5.74) is 0.740. The van der Waals surface area contributed by atoms with Crippen LogP contribution in [-0.2, 0) is 9.53 Å². The summed E-state index contributed by atoms with van der Waals surface area (Å²) in [4.78, 5) is 25.8. The van der Waals surface area contributed by atoms with Crippen LogP contribution in [0.2, 0.25) is 5.02 Å². The number of carbonyl (C=O) groups is 2. The average Bonchev–Trinajstić information content (AvgIpc) is 2.56. The molecule has 0 radical (unpaired) electrons. The average molecular weight is 356 g/mol. The van der Waals surface area contributed by atoms with Gasteiger partial charge in [0.05, 0.1) is 36.6 Å². The van der Waals surface area contributed by atoms with E-state index in [1.807, 2.05) is 0 Å². The van der Waals surface area contributed by atoms with Gasteiger partial charge in [-0.05, 0) is 6.07 Å². The summed E-state index contributed by atoms with van der Waals surface area (Å²) in [7, 11) is 1.46. The molecule has 2 N–H and O–H groups in total. The Balaban J connectivity index is 1.99. The van der Waals surface area contributed by atoms with Gasteiger partial charge < -0.3 is 20.1 Å². The van der Waals surface area contributed by atoms with Gasteiger partial charge in [-0.15, -0.1) is 0 Å². The molecule has 0 spiro atoms. The maximum atomic E-state index is 12.4. The first-order valence-corrected chi connectivity index (χ1v) is 8.12. The van der Waals surface area contributed by atoms with E-state index in [1.54, 1.807) is 6.07 Å². The molecule has 1 heterocycles. The van der Waals surface area contributed by atoms with Crippen LogP contribution in [0.4, 0.5) is 5.69 Å². The fourth-order valence-corrected chi connectivity index (χ4v) is 2.64. The Kier molecular flexibility index (Phi) is 6.84. The van der Waals surface area contributed by atoms with Crippen molar-refractivity contribution < 1.29 is 19.1 Å². The largest absolute Gasteiger partial charge is 0.496 e. The van der Waals surface area contributed by atoms with Crippen molar-refractivity contribution in [3.05, 3.63) is 22.7 Å². The van der Waals surface area contributed by atoms with E-state index in [9.17, 15) is 9.59 Å². The molecule has 0 aromatic heterocycles. The van der Waals surface area contributed by atoms with E-state index >= 15 is 0 Å². The lowest BCUT2D eigenvalue weighted by atomic mass is 10.1. The Hall–Kier alpha value is -1.83. The van der Waals surface area contributed by atoms with Crippen LogP contribution in [0.25, 0.3) is 0 Å². The molecule has 1 aliphatic rings. The van der Waals surface area contributed by atoms with Gasteiger partial charge in [0, 0.05) is 39.2 Å². The first-order valence-electron chi connectivity index (χ1n) is 7.74. The van der Waals surface area contributed by atoms with Gasteiger partial charge in [-0.1, -0.05) is 11.6 Å². The lowest BCUT2D eigenvalue weighted by Gasteiger charge is -2.26. The molecule has 0 aliphatic carbocycles. The second-order valence-corrected chi connectivity index (χ2v) is 5.83. The standard InChI is InChI=1S/C16H22ClN3O4/c1-11(21)19-14-10-15(23-2)12(9-13(14)17)16(22)18-3-4-20-5-7-24-8-6-20/h9-10H,3-8H2,1-2H3,(H,18,22)(H,19,21). The first-order chi connectivity index (χ1) is 11.5. The summed E-state index contributed by atoms with van der Waals surface area (Å²) in [6.07, 6.45) is 0.